The predicted octanol–water partition coefficient (Wildman–Crippen LogP) is 2.97. The molecule has 16 heavy (non-hydrogen) atoms. The van der Waals surface area contributed by atoms with E-state index in [0.29, 0.717) is 6.42 Å². The zero-order valence-electron chi connectivity index (χ0n) is 9.18. The van der Waals surface area contributed by atoms with Gasteiger partial charge in [0.15, 0.2) is 0 Å². The van der Waals surface area contributed by atoms with E-state index in [0.717, 1.165) is 11.3 Å². The Bertz CT molecular complexity index is 482. The molecule has 2 heteroatoms. The summed E-state index contributed by atoms with van der Waals surface area (Å²) < 4.78 is 5.32. The first kappa shape index (κ1) is 10.5. The maximum absolute atomic E-state index is 9.42. The number of ether oxygens (including phenoxy) is 1. The Morgan fingerprint density at radius 2 is 2.12 bits per heavy atom. The molecule has 1 aromatic rings. The first-order valence-corrected chi connectivity index (χ1v) is 5.21. The van der Waals surface area contributed by atoms with Crippen LogP contribution in [0.3, 0.4) is 0 Å². The van der Waals surface area contributed by atoms with E-state index in [4.69, 9.17) is 4.74 Å². The van der Waals surface area contributed by atoms with Crippen molar-refractivity contribution >= 4 is 0 Å². The van der Waals surface area contributed by atoms with Crippen LogP contribution in [-0.2, 0) is 5.41 Å². The fraction of sp³-hybridized carbons (Fsp3) is 0.214. The third-order valence-corrected chi connectivity index (χ3v) is 2.85. The largest absolute Gasteiger partial charge is 0.496 e. The number of rotatable bonds is 2. The van der Waals surface area contributed by atoms with Crippen LogP contribution in [0.1, 0.15) is 12.0 Å². The first-order chi connectivity index (χ1) is 7.82. The summed E-state index contributed by atoms with van der Waals surface area (Å²) >= 11 is 0. The summed E-state index contributed by atoms with van der Waals surface area (Å²) in [6.45, 7) is 0. The number of hydrogen-bond donors (Lipinski definition) is 0. The molecular formula is C14H13NO. The van der Waals surface area contributed by atoms with Crippen LogP contribution >= 0.6 is 0 Å². The molecule has 1 aliphatic carbocycles. The summed E-state index contributed by atoms with van der Waals surface area (Å²) in [6.07, 6.45) is 8.52. The molecule has 0 saturated heterocycles. The molecule has 0 spiro atoms. The van der Waals surface area contributed by atoms with Gasteiger partial charge in [-0.25, -0.2) is 0 Å². The Labute approximate surface area is 95.5 Å². The highest BCUT2D eigenvalue weighted by atomic mass is 16.5. The summed E-state index contributed by atoms with van der Waals surface area (Å²) in [5.41, 5.74) is 0.349. The molecule has 0 N–H and O–H groups in total. The second-order valence-corrected chi connectivity index (χ2v) is 3.77. The quantitative estimate of drug-likeness (QED) is 0.753. The minimum absolute atomic E-state index is 0.582. The van der Waals surface area contributed by atoms with Gasteiger partial charge in [-0.1, -0.05) is 42.5 Å². The van der Waals surface area contributed by atoms with Crippen molar-refractivity contribution in [3.05, 3.63) is 54.1 Å². The summed E-state index contributed by atoms with van der Waals surface area (Å²) in [4.78, 5) is 0. The van der Waals surface area contributed by atoms with Gasteiger partial charge in [-0.3, -0.25) is 0 Å². The molecule has 2 rings (SSSR count). The molecule has 1 aromatic carbocycles. The molecule has 0 aromatic heterocycles. The van der Waals surface area contributed by atoms with Crippen LogP contribution in [0.4, 0.5) is 0 Å². The van der Waals surface area contributed by atoms with Gasteiger partial charge in [0.2, 0.25) is 0 Å². The van der Waals surface area contributed by atoms with Gasteiger partial charge in [-0.15, -0.1) is 0 Å². The maximum atomic E-state index is 9.42. The molecule has 0 bridgehead atoms. The van der Waals surface area contributed by atoms with Crippen LogP contribution in [0.5, 0.6) is 5.75 Å². The lowest BCUT2D eigenvalue weighted by molar-refractivity contribution is 0.403. The normalized spacial score (nSPS) is 22.8. The van der Waals surface area contributed by atoms with Crippen molar-refractivity contribution in [2.24, 2.45) is 0 Å². The van der Waals surface area contributed by atoms with Crippen molar-refractivity contribution in [3.63, 3.8) is 0 Å². The lowest BCUT2D eigenvalue weighted by Gasteiger charge is -2.25. The number of allylic oxidation sites excluding steroid dienone is 4. The number of para-hydroxylation sites is 1. The SMILES string of the molecule is COc1ccccc1C1(C#N)C=CC=CC1. The van der Waals surface area contributed by atoms with Crippen molar-refractivity contribution in [2.45, 2.75) is 11.8 Å². The average molecular weight is 211 g/mol. The van der Waals surface area contributed by atoms with Gasteiger partial charge in [0, 0.05) is 5.56 Å². The average Bonchev–Trinajstić information content (AvgIpc) is 2.39. The molecule has 1 atom stereocenters. The Morgan fingerprint density at radius 3 is 2.75 bits per heavy atom. The molecule has 2 nitrogen and oxygen atoms in total. The van der Waals surface area contributed by atoms with Gasteiger partial charge < -0.3 is 4.74 Å². The van der Waals surface area contributed by atoms with E-state index in [1.165, 1.54) is 0 Å². The van der Waals surface area contributed by atoms with Crippen molar-refractivity contribution in [3.8, 4) is 11.8 Å². The first-order valence-electron chi connectivity index (χ1n) is 5.21. The third-order valence-electron chi connectivity index (χ3n) is 2.85. The molecule has 0 radical (unpaired) electrons. The van der Waals surface area contributed by atoms with Gasteiger partial charge in [-0.05, 0) is 12.5 Å². The Balaban J connectivity index is 2.53. The Kier molecular flexibility index (Phi) is 2.78. The van der Waals surface area contributed by atoms with Gasteiger partial charge in [0.25, 0.3) is 0 Å². The molecule has 80 valence electrons. The van der Waals surface area contributed by atoms with Gasteiger partial charge in [-0.2, -0.15) is 5.26 Å². The highest BCUT2D eigenvalue weighted by Gasteiger charge is 2.31. The lowest BCUT2D eigenvalue weighted by Crippen LogP contribution is -2.22. The minimum atomic E-state index is -0.582. The van der Waals surface area contributed by atoms with Crippen molar-refractivity contribution in [1.29, 1.82) is 5.26 Å². The molecule has 0 fully saturated rings. The third kappa shape index (κ3) is 1.61. The number of nitrogens with zero attached hydrogens (tertiary/aromatic N) is 1. The Hall–Kier alpha value is -2.01. The van der Waals surface area contributed by atoms with Crippen LogP contribution in [-0.4, -0.2) is 7.11 Å². The zero-order chi connectivity index (χ0) is 11.4. The second kappa shape index (κ2) is 4.24. The predicted molar refractivity (Wildman–Crippen MR) is 63.2 cm³/mol. The van der Waals surface area contributed by atoms with Crippen molar-refractivity contribution in [1.82, 2.24) is 0 Å². The van der Waals surface area contributed by atoms with E-state index in [1.54, 1.807) is 7.11 Å². The van der Waals surface area contributed by atoms with Crippen LogP contribution in [0, 0.1) is 11.3 Å². The summed E-state index contributed by atoms with van der Waals surface area (Å²) in [6, 6.07) is 10.1. The summed E-state index contributed by atoms with van der Waals surface area (Å²) in [5.74, 6) is 0.768. The smallest absolute Gasteiger partial charge is 0.124 e. The number of hydrogen-bond acceptors (Lipinski definition) is 2. The van der Waals surface area contributed by atoms with Crippen LogP contribution < -0.4 is 4.74 Å². The van der Waals surface area contributed by atoms with Crippen LogP contribution in [0.15, 0.2) is 48.6 Å². The number of nitriles is 1. The molecule has 1 aliphatic rings. The molecule has 1 unspecified atom stereocenters. The van der Waals surface area contributed by atoms with Crippen molar-refractivity contribution < 1.29 is 4.74 Å². The summed E-state index contributed by atoms with van der Waals surface area (Å²) in [5, 5.41) is 9.42. The number of methoxy groups -OCH3 is 1. The van der Waals surface area contributed by atoms with Crippen LogP contribution in [0.25, 0.3) is 0 Å². The maximum Gasteiger partial charge on any atom is 0.124 e. The molecule has 0 aliphatic heterocycles. The van der Waals surface area contributed by atoms with Crippen molar-refractivity contribution in [2.75, 3.05) is 7.11 Å². The molecule has 0 amide bonds. The van der Waals surface area contributed by atoms with E-state index >= 15 is 0 Å². The lowest BCUT2D eigenvalue weighted by atomic mass is 9.76. The molecule has 0 saturated carbocycles. The zero-order valence-corrected chi connectivity index (χ0v) is 9.18. The summed E-state index contributed by atoms with van der Waals surface area (Å²) in [7, 11) is 1.63. The highest BCUT2D eigenvalue weighted by Crippen LogP contribution is 2.37. The molecule has 0 heterocycles. The van der Waals surface area contributed by atoms with E-state index in [1.807, 2.05) is 48.6 Å². The topological polar surface area (TPSA) is 33.0 Å². The highest BCUT2D eigenvalue weighted by molar-refractivity contribution is 5.49. The fourth-order valence-electron chi connectivity index (χ4n) is 1.98. The number of benzene rings is 1. The Morgan fingerprint density at radius 1 is 1.31 bits per heavy atom. The van der Waals surface area contributed by atoms with Crippen LogP contribution in [0.2, 0.25) is 0 Å². The van der Waals surface area contributed by atoms with E-state index in [2.05, 4.69) is 6.07 Å². The minimum Gasteiger partial charge on any atom is -0.496 e. The second-order valence-electron chi connectivity index (χ2n) is 3.77. The fourth-order valence-corrected chi connectivity index (χ4v) is 1.98. The molecular weight excluding hydrogens is 198 g/mol. The van der Waals surface area contributed by atoms with E-state index in [9.17, 15) is 5.26 Å². The van der Waals surface area contributed by atoms with E-state index in [-0.39, 0.29) is 0 Å². The van der Waals surface area contributed by atoms with E-state index < -0.39 is 5.41 Å². The van der Waals surface area contributed by atoms with Gasteiger partial charge in [0.05, 0.1) is 13.2 Å². The monoisotopic (exact) mass is 211 g/mol. The van der Waals surface area contributed by atoms with Gasteiger partial charge >= 0.3 is 0 Å². The van der Waals surface area contributed by atoms with Gasteiger partial charge in [0.1, 0.15) is 11.2 Å². The standard InChI is InChI=1S/C14H13NO/c1-16-13-8-4-3-7-12(13)14(11-15)9-5-2-6-10-14/h2-9H,10H2,1H3.